The third-order valence-electron chi connectivity index (χ3n) is 1.48. The molecule has 0 amide bonds. The van der Waals surface area contributed by atoms with Crippen molar-refractivity contribution in [3.63, 3.8) is 0 Å². The molecule has 1 aliphatic heterocycles. The summed E-state index contributed by atoms with van der Waals surface area (Å²) in [5.41, 5.74) is 0. The first-order chi connectivity index (χ1) is 6.21. The molecule has 0 aromatic carbocycles. The summed E-state index contributed by atoms with van der Waals surface area (Å²) in [6.07, 6.45) is 1.40. The van der Waals surface area contributed by atoms with Crippen molar-refractivity contribution in [2.75, 3.05) is 13.3 Å². The average Bonchev–Trinajstić information content (AvgIpc) is 2.01. The zero-order chi connectivity index (χ0) is 11.0. The summed E-state index contributed by atoms with van der Waals surface area (Å²) in [6.45, 7) is 0.421. The van der Waals surface area contributed by atoms with E-state index in [1.165, 1.54) is 16.1 Å². The molecule has 0 atom stereocenters. The van der Waals surface area contributed by atoms with E-state index in [0.717, 1.165) is 0 Å². The monoisotopic (exact) mass is 317 g/mol. The van der Waals surface area contributed by atoms with Crippen LogP contribution in [0.1, 0.15) is 0 Å². The van der Waals surface area contributed by atoms with E-state index >= 15 is 0 Å². The number of rotatable bonds is 0. The lowest BCUT2D eigenvalue weighted by molar-refractivity contribution is 0.175. The number of hydrogen-bond acceptors (Lipinski definition) is 3. The quantitative estimate of drug-likeness (QED) is 0.504. The van der Waals surface area contributed by atoms with Gasteiger partial charge >= 0.3 is 0 Å². The molecule has 0 saturated heterocycles. The Balaban J connectivity index is 2.71. The second-order valence-corrected chi connectivity index (χ2v) is 6.97. The van der Waals surface area contributed by atoms with Crippen molar-refractivity contribution < 1.29 is 0 Å². The van der Waals surface area contributed by atoms with Gasteiger partial charge < -0.3 is 4.90 Å². The van der Waals surface area contributed by atoms with Crippen molar-refractivity contribution in [1.29, 1.82) is 0 Å². The molecule has 0 aromatic rings. The van der Waals surface area contributed by atoms with Crippen LogP contribution in [0.15, 0.2) is 4.99 Å². The fourth-order valence-electron chi connectivity index (χ4n) is 0.805. The van der Waals surface area contributed by atoms with Crippen molar-refractivity contribution >= 4 is 75.9 Å². The van der Waals surface area contributed by atoms with E-state index in [1.54, 1.807) is 0 Å². The van der Waals surface area contributed by atoms with Gasteiger partial charge in [-0.3, -0.25) is 4.99 Å². The van der Waals surface area contributed by atoms with E-state index in [0.29, 0.717) is 0 Å². The van der Waals surface area contributed by atoms with Crippen LogP contribution in [0.25, 0.3) is 0 Å². The molecule has 9 heteroatoms. The molecule has 0 aromatic heterocycles. The molecule has 0 bridgehead atoms. The van der Waals surface area contributed by atoms with Gasteiger partial charge in [-0.1, -0.05) is 69.6 Å². The van der Waals surface area contributed by atoms with Gasteiger partial charge in [0.25, 0.3) is 7.83 Å². The van der Waals surface area contributed by atoms with Crippen molar-refractivity contribution in [1.82, 2.24) is 9.80 Å². The maximum absolute atomic E-state index is 5.65. The molecular formula is C5H5Cl6N3. The van der Waals surface area contributed by atoms with Crippen LogP contribution in [0.3, 0.4) is 0 Å². The second kappa shape index (κ2) is 4.58. The fraction of sp³-hybridized carbons (Fsp3) is 0.800. The van der Waals surface area contributed by atoms with Gasteiger partial charge in [-0.15, -0.1) is 0 Å². The molecule has 1 rings (SSSR count). The van der Waals surface area contributed by atoms with Crippen LogP contribution in [0.4, 0.5) is 0 Å². The largest absolute Gasteiger partial charge is 0.305 e. The van der Waals surface area contributed by atoms with Crippen molar-refractivity contribution in [3.05, 3.63) is 0 Å². The highest BCUT2D eigenvalue weighted by Crippen LogP contribution is 2.36. The Bertz CT molecular complexity index is 231. The first-order valence-corrected chi connectivity index (χ1v) is 5.63. The summed E-state index contributed by atoms with van der Waals surface area (Å²) in [6, 6.07) is 0. The SMILES string of the molecule is ClC(Cl)(Cl)N1C=NCN(C(Cl)(Cl)Cl)C1. The van der Waals surface area contributed by atoms with Crippen LogP contribution >= 0.6 is 69.6 Å². The molecule has 3 nitrogen and oxygen atoms in total. The van der Waals surface area contributed by atoms with E-state index in [4.69, 9.17) is 69.6 Å². The highest BCUT2D eigenvalue weighted by molar-refractivity contribution is 6.68. The lowest BCUT2D eigenvalue weighted by atomic mass is 10.7. The van der Waals surface area contributed by atoms with Crippen LogP contribution in [0.2, 0.25) is 0 Å². The lowest BCUT2D eigenvalue weighted by Gasteiger charge is -2.38. The molecule has 0 unspecified atom stereocenters. The third kappa shape index (κ3) is 3.63. The molecule has 0 N–H and O–H groups in total. The predicted molar refractivity (Wildman–Crippen MR) is 62.5 cm³/mol. The molecule has 0 fully saturated rings. The summed E-state index contributed by atoms with van der Waals surface area (Å²) < 4.78 is -3.16. The standard InChI is InChI=1S/C5H5Cl6N3/c6-4(7,8)13-1-12-2-14(3-13)5(9,10)11/h1H,2-3H2. The van der Waals surface area contributed by atoms with Crippen LogP contribution < -0.4 is 0 Å². The molecule has 0 spiro atoms. The Kier molecular flexibility index (Phi) is 4.33. The zero-order valence-corrected chi connectivity index (χ0v) is 11.1. The minimum atomic E-state index is -1.60. The molecule has 1 heterocycles. The topological polar surface area (TPSA) is 18.8 Å². The summed E-state index contributed by atoms with van der Waals surface area (Å²) in [5.74, 6) is 0. The van der Waals surface area contributed by atoms with Gasteiger partial charge in [0.2, 0.25) is 0 Å². The van der Waals surface area contributed by atoms with Gasteiger partial charge in [-0.2, -0.15) is 0 Å². The van der Waals surface area contributed by atoms with Crippen LogP contribution in [-0.4, -0.2) is 37.3 Å². The minimum Gasteiger partial charge on any atom is -0.305 e. The Hall–Kier alpha value is 1.17. The molecule has 0 aliphatic carbocycles. The predicted octanol–water partition coefficient (Wildman–Crippen LogP) is 3.20. The van der Waals surface area contributed by atoms with E-state index < -0.39 is 7.83 Å². The van der Waals surface area contributed by atoms with E-state index in [9.17, 15) is 0 Å². The van der Waals surface area contributed by atoms with Gasteiger partial charge in [0.1, 0.15) is 0 Å². The smallest absolute Gasteiger partial charge is 0.269 e. The van der Waals surface area contributed by atoms with Gasteiger partial charge in [0.05, 0.1) is 19.7 Å². The Morgan fingerprint density at radius 1 is 1.00 bits per heavy atom. The van der Waals surface area contributed by atoms with Gasteiger partial charge in [-0.25, -0.2) is 4.90 Å². The first-order valence-electron chi connectivity index (χ1n) is 3.36. The summed E-state index contributed by atoms with van der Waals surface area (Å²) >= 11 is 33.9. The third-order valence-corrected chi connectivity index (χ3v) is 2.85. The van der Waals surface area contributed by atoms with Gasteiger partial charge in [0.15, 0.2) is 0 Å². The molecular weight excluding hydrogens is 315 g/mol. The maximum atomic E-state index is 5.65. The van der Waals surface area contributed by atoms with E-state index in [-0.39, 0.29) is 13.3 Å². The highest BCUT2D eigenvalue weighted by atomic mass is 35.6. The van der Waals surface area contributed by atoms with Crippen LogP contribution in [-0.2, 0) is 0 Å². The molecule has 0 saturated carbocycles. The zero-order valence-electron chi connectivity index (χ0n) is 6.60. The fourth-order valence-corrected chi connectivity index (χ4v) is 1.42. The Morgan fingerprint density at radius 3 is 2.00 bits per heavy atom. The van der Waals surface area contributed by atoms with Gasteiger partial charge in [-0.05, 0) is 0 Å². The number of hydrogen-bond donors (Lipinski definition) is 0. The van der Waals surface area contributed by atoms with Crippen LogP contribution in [0, 0.1) is 0 Å². The molecule has 1 aliphatic rings. The second-order valence-electron chi connectivity index (χ2n) is 2.53. The molecule has 14 heavy (non-hydrogen) atoms. The number of halogens is 6. The number of nitrogens with zero attached hydrogens (tertiary/aromatic N) is 3. The summed E-state index contributed by atoms with van der Waals surface area (Å²) in [7, 11) is 0. The highest BCUT2D eigenvalue weighted by Gasteiger charge is 2.37. The summed E-state index contributed by atoms with van der Waals surface area (Å²) in [5, 5.41) is 0. The normalized spacial score (nSPS) is 20.3. The Morgan fingerprint density at radius 2 is 1.57 bits per heavy atom. The van der Waals surface area contributed by atoms with Crippen molar-refractivity contribution in [2.45, 2.75) is 7.83 Å². The van der Waals surface area contributed by atoms with Crippen molar-refractivity contribution in [3.8, 4) is 0 Å². The first kappa shape index (κ1) is 13.2. The average molecular weight is 320 g/mol. The molecule has 82 valence electrons. The number of aliphatic imine (C=N–C) groups is 1. The van der Waals surface area contributed by atoms with E-state index in [1.807, 2.05) is 0 Å². The maximum Gasteiger partial charge on any atom is 0.269 e. The lowest BCUT2D eigenvalue weighted by Crippen LogP contribution is -2.50. The molecule has 0 radical (unpaired) electrons. The Labute approximate surface area is 111 Å². The van der Waals surface area contributed by atoms with E-state index in [2.05, 4.69) is 4.99 Å². The van der Waals surface area contributed by atoms with Gasteiger partial charge in [0, 0.05) is 0 Å². The van der Waals surface area contributed by atoms with Crippen LogP contribution in [0.5, 0.6) is 0 Å². The van der Waals surface area contributed by atoms with Crippen molar-refractivity contribution in [2.24, 2.45) is 4.99 Å². The number of alkyl halides is 6. The minimum absolute atomic E-state index is 0.177. The summed E-state index contributed by atoms with van der Waals surface area (Å²) in [4.78, 5) is 6.63.